The Morgan fingerprint density at radius 1 is 0.764 bits per heavy atom. The summed E-state index contributed by atoms with van der Waals surface area (Å²) in [6, 6.07) is 0. The maximum Gasteiger partial charge on any atom is 0.220 e. The summed E-state index contributed by atoms with van der Waals surface area (Å²) in [7, 11) is 0. The molecule has 0 heterocycles. The van der Waals surface area contributed by atoms with Gasteiger partial charge in [0.15, 0.2) is 0 Å². The van der Waals surface area contributed by atoms with Crippen LogP contribution in [0.25, 0.3) is 0 Å². The number of aliphatic hydroxyl groups is 4. The van der Waals surface area contributed by atoms with Crippen molar-refractivity contribution < 1.29 is 25.2 Å². The number of aliphatic hydroxyl groups excluding tert-OH is 4. The van der Waals surface area contributed by atoms with Crippen LogP contribution in [-0.4, -0.2) is 57.3 Å². The molecule has 0 bridgehead atoms. The van der Waals surface area contributed by atoms with Gasteiger partial charge >= 0.3 is 0 Å². The van der Waals surface area contributed by atoms with Gasteiger partial charge in [0, 0.05) is 13.0 Å². The fourth-order valence-corrected chi connectivity index (χ4v) is 15.6. The molecule has 0 aromatic carbocycles. The predicted molar refractivity (Wildman–Crippen MR) is 226 cm³/mol. The van der Waals surface area contributed by atoms with E-state index in [1.165, 1.54) is 32.1 Å². The highest BCUT2D eigenvalue weighted by Gasteiger charge is 2.66. The highest BCUT2D eigenvalue weighted by Crippen LogP contribution is 2.69. The number of carbonyl (C=O) groups excluding carboxylic acids is 1. The third kappa shape index (κ3) is 8.39. The average molecular weight is 772 g/mol. The maximum atomic E-state index is 12.3. The first-order chi connectivity index (χ1) is 25.8. The van der Waals surface area contributed by atoms with Crippen LogP contribution in [0.5, 0.6) is 0 Å². The summed E-state index contributed by atoms with van der Waals surface area (Å²) in [5.41, 5.74) is 0.451. The Labute approximate surface area is 338 Å². The molecule has 55 heavy (non-hydrogen) atoms. The van der Waals surface area contributed by atoms with Gasteiger partial charge in [-0.05, 0) is 164 Å². The largest absolute Gasteiger partial charge is 0.393 e. The number of unbranched alkanes of at least 4 members (excludes halogenated alkanes) is 1. The van der Waals surface area contributed by atoms with Crippen molar-refractivity contribution in [1.82, 2.24) is 5.32 Å². The SMILES string of the molecule is CCCC(C)C1CCC2C(C)C(C(C)(C)CC)C[C@H](O)C12C.CCCCNC(=O)CCC(C)C1CCC2C3C(C[C@H](O)[C@]12C)[C@@]1(C)CC[C@@H](O)CC1C[C@H]3O. The molecule has 0 aromatic heterocycles. The normalized spacial score (nSPS) is 46.3. The summed E-state index contributed by atoms with van der Waals surface area (Å²) in [6.07, 6.45) is 16.4. The first kappa shape index (κ1) is 45.4. The maximum absolute atomic E-state index is 12.3. The summed E-state index contributed by atoms with van der Waals surface area (Å²) in [5.74, 6) is 5.86. The van der Waals surface area contributed by atoms with Crippen molar-refractivity contribution in [2.45, 2.75) is 210 Å². The smallest absolute Gasteiger partial charge is 0.220 e. The van der Waals surface area contributed by atoms with Crippen LogP contribution in [0.3, 0.4) is 0 Å². The molecular weight excluding hydrogens is 683 g/mol. The van der Waals surface area contributed by atoms with Crippen molar-refractivity contribution in [3.05, 3.63) is 0 Å². The monoisotopic (exact) mass is 772 g/mol. The second-order valence-electron chi connectivity index (χ2n) is 22.2. The number of carbonyl (C=O) groups is 1. The summed E-state index contributed by atoms with van der Waals surface area (Å²) in [5, 5.41) is 47.5. The number of hydrogen-bond donors (Lipinski definition) is 5. The van der Waals surface area contributed by atoms with Crippen molar-refractivity contribution in [3.63, 3.8) is 0 Å². The molecule has 0 spiro atoms. The fraction of sp³-hybridized carbons (Fsp3) is 0.980. The second kappa shape index (κ2) is 17.9. The Kier molecular flexibility index (Phi) is 14.8. The lowest BCUT2D eigenvalue weighted by atomic mass is 9.43. The third-order valence-corrected chi connectivity index (χ3v) is 19.4. The lowest BCUT2D eigenvalue weighted by Gasteiger charge is -2.63. The molecule has 6 nitrogen and oxygen atoms in total. The molecular formula is C49H89NO5. The Bertz CT molecular complexity index is 1260. The molecule has 18 atom stereocenters. The Balaban J connectivity index is 0.000000229. The highest BCUT2D eigenvalue weighted by atomic mass is 16.3. The van der Waals surface area contributed by atoms with Crippen molar-refractivity contribution in [2.75, 3.05) is 6.54 Å². The summed E-state index contributed by atoms with van der Waals surface area (Å²) < 4.78 is 0. The minimum absolute atomic E-state index is 0.101. The molecule has 0 aromatic rings. The van der Waals surface area contributed by atoms with Crippen molar-refractivity contribution in [2.24, 2.45) is 86.8 Å². The van der Waals surface area contributed by atoms with Gasteiger partial charge in [0.05, 0.1) is 24.4 Å². The zero-order valence-electron chi connectivity index (χ0n) is 37.6. The second-order valence-corrected chi connectivity index (χ2v) is 22.2. The quantitative estimate of drug-likeness (QED) is 0.127. The molecule has 1 amide bonds. The predicted octanol–water partition coefficient (Wildman–Crippen LogP) is 10.2. The Morgan fingerprint density at radius 2 is 1.36 bits per heavy atom. The first-order valence-corrected chi connectivity index (χ1v) is 23.8. The molecule has 6 saturated carbocycles. The highest BCUT2D eigenvalue weighted by molar-refractivity contribution is 5.75. The van der Waals surface area contributed by atoms with Crippen LogP contribution >= 0.6 is 0 Å². The first-order valence-electron chi connectivity index (χ1n) is 23.8. The molecule has 0 radical (unpaired) electrons. The van der Waals surface area contributed by atoms with E-state index in [0.29, 0.717) is 47.3 Å². The molecule has 0 saturated heterocycles. The van der Waals surface area contributed by atoms with E-state index in [9.17, 15) is 25.2 Å². The summed E-state index contributed by atoms with van der Waals surface area (Å²) in [6.45, 7) is 26.6. The zero-order valence-corrected chi connectivity index (χ0v) is 37.6. The molecule has 6 aliphatic carbocycles. The van der Waals surface area contributed by atoms with Gasteiger partial charge in [0.1, 0.15) is 0 Å². The van der Waals surface area contributed by atoms with Gasteiger partial charge in [0.25, 0.3) is 0 Å². The number of hydrogen-bond acceptors (Lipinski definition) is 5. The van der Waals surface area contributed by atoms with E-state index in [4.69, 9.17) is 0 Å². The van der Waals surface area contributed by atoms with E-state index >= 15 is 0 Å². The van der Waals surface area contributed by atoms with Crippen LogP contribution in [0.2, 0.25) is 0 Å². The van der Waals surface area contributed by atoms with Gasteiger partial charge < -0.3 is 25.7 Å². The number of rotatable bonds is 12. The van der Waals surface area contributed by atoms with Crippen LogP contribution in [0.4, 0.5) is 0 Å². The Hall–Kier alpha value is -0.690. The van der Waals surface area contributed by atoms with Gasteiger partial charge in [-0.2, -0.15) is 0 Å². The minimum atomic E-state index is -0.355. The molecule has 6 aliphatic rings. The van der Waals surface area contributed by atoms with E-state index in [1.807, 2.05) is 0 Å². The lowest BCUT2D eigenvalue weighted by Crippen LogP contribution is -2.62. The van der Waals surface area contributed by atoms with E-state index in [1.54, 1.807) is 0 Å². The standard InChI is InChI=1S/C28H49NO4.C21H40O/c1-5-6-13-29-25(33)10-7-17(2)20-8-9-21-26-22(16-24(32)28(20,21)4)27(3)12-11-19(30)14-18(27)15-23(26)31;1-8-10-14(3)16-11-12-17-15(4)18(20(5,6)9-2)13-19(22)21(16,17)7/h17-24,26,30-32H,5-16H2,1-4H3,(H,29,33);14-19,22H,8-13H2,1-7H3/t17?,18?,19-,20?,21?,22?,23-,24+,26?,27+,28-;14?,15?,16?,17?,18?,19-,21?/m10/s1. The third-order valence-electron chi connectivity index (χ3n) is 19.4. The fourth-order valence-electron chi connectivity index (χ4n) is 15.6. The van der Waals surface area contributed by atoms with E-state index < -0.39 is 0 Å². The van der Waals surface area contributed by atoms with E-state index in [-0.39, 0.29) is 52.5 Å². The summed E-state index contributed by atoms with van der Waals surface area (Å²) in [4.78, 5) is 12.3. The molecule has 0 aliphatic heterocycles. The average Bonchev–Trinajstić information content (AvgIpc) is 3.69. The molecule has 6 heteroatoms. The van der Waals surface area contributed by atoms with Crippen molar-refractivity contribution in [1.29, 1.82) is 0 Å². The number of fused-ring (bicyclic) bond motifs is 6. The van der Waals surface area contributed by atoms with Crippen LogP contribution in [-0.2, 0) is 4.79 Å². The van der Waals surface area contributed by atoms with Gasteiger partial charge in [-0.3, -0.25) is 4.79 Å². The number of amides is 1. The molecule has 12 unspecified atom stereocenters. The summed E-state index contributed by atoms with van der Waals surface area (Å²) >= 11 is 0. The zero-order chi connectivity index (χ0) is 40.7. The van der Waals surface area contributed by atoms with Crippen LogP contribution in [0.15, 0.2) is 0 Å². The molecule has 6 fully saturated rings. The van der Waals surface area contributed by atoms with Gasteiger partial charge in [-0.25, -0.2) is 0 Å². The van der Waals surface area contributed by atoms with Crippen molar-refractivity contribution in [3.8, 4) is 0 Å². The molecule has 5 N–H and O–H groups in total. The van der Waals surface area contributed by atoms with Crippen LogP contribution < -0.4 is 5.32 Å². The van der Waals surface area contributed by atoms with Gasteiger partial charge in [-0.15, -0.1) is 0 Å². The molecule has 320 valence electrons. The Morgan fingerprint density at radius 3 is 1.98 bits per heavy atom. The number of nitrogens with one attached hydrogen (secondary N) is 1. The van der Waals surface area contributed by atoms with Crippen molar-refractivity contribution >= 4 is 5.91 Å². The van der Waals surface area contributed by atoms with Crippen LogP contribution in [0, 0.1) is 86.8 Å². The topological polar surface area (TPSA) is 110 Å². The lowest BCUT2D eigenvalue weighted by molar-refractivity contribution is -0.207. The minimum Gasteiger partial charge on any atom is -0.393 e. The van der Waals surface area contributed by atoms with E-state index in [0.717, 1.165) is 101 Å². The van der Waals surface area contributed by atoms with Gasteiger partial charge in [0.2, 0.25) is 5.91 Å². The molecule has 6 rings (SSSR count). The van der Waals surface area contributed by atoms with Crippen LogP contribution in [0.1, 0.15) is 185 Å². The van der Waals surface area contributed by atoms with E-state index in [2.05, 4.69) is 81.5 Å². The van der Waals surface area contributed by atoms with Gasteiger partial charge in [-0.1, -0.05) is 102 Å².